The number of rotatable bonds is 2. The van der Waals surface area contributed by atoms with E-state index in [1.54, 1.807) is 11.3 Å². The second-order valence-electron chi connectivity index (χ2n) is 8.66. The van der Waals surface area contributed by atoms with Crippen molar-refractivity contribution < 1.29 is 0 Å². The fourth-order valence-electron chi connectivity index (χ4n) is 5.35. The molecule has 0 amide bonds. The molecule has 2 nitrogen and oxygen atoms in total. The molecule has 2 atom stereocenters. The van der Waals surface area contributed by atoms with Crippen LogP contribution >= 0.6 is 12.4 Å². The van der Waals surface area contributed by atoms with Crippen LogP contribution in [0.4, 0.5) is 0 Å². The molecule has 1 saturated carbocycles. The van der Waals surface area contributed by atoms with Crippen LogP contribution < -0.4 is 0 Å². The van der Waals surface area contributed by atoms with E-state index >= 15 is 0 Å². The smallest absolute Gasteiger partial charge is 0.0567 e. The quantitative estimate of drug-likeness (QED) is 0.597. The van der Waals surface area contributed by atoms with Gasteiger partial charge < -0.3 is 4.57 Å². The third-order valence-electron chi connectivity index (χ3n) is 7.00. The molecule has 6 rings (SSSR count). The van der Waals surface area contributed by atoms with Crippen molar-refractivity contribution in [2.75, 3.05) is 13.1 Å². The average Bonchev–Trinajstić information content (AvgIpc) is 3.30. The van der Waals surface area contributed by atoms with Crippen LogP contribution in [-0.2, 0) is 25.8 Å². The molecule has 140 valence electrons. The van der Waals surface area contributed by atoms with Crippen molar-refractivity contribution in [2.24, 2.45) is 11.8 Å². The molecule has 0 radical (unpaired) electrons. The molecule has 2 aromatic carbocycles. The highest BCUT2D eigenvalue weighted by atomic mass is 35.5. The van der Waals surface area contributed by atoms with Gasteiger partial charge >= 0.3 is 0 Å². The predicted octanol–water partition coefficient (Wildman–Crippen LogP) is 5.17. The summed E-state index contributed by atoms with van der Waals surface area (Å²) < 4.78 is 2.62. The highest BCUT2D eigenvalue weighted by Crippen LogP contribution is 2.41. The highest BCUT2D eigenvalue weighted by molar-refractivity contribution is 5.91. The van der Waals surface area contributed by atoms with Crippen molar-refractivity contribution in [3.05, 3.63) is 64.8 Å². The molecule has 1 aliphatic carbocycles. The normalized spacial score (nSPS) is 23.3. The first-order chi connectivity index (χ1) is 12.8. The molecule has 2 aliphatic heterocycles. The van der Waals surface area contributed by atoms with Crippen molar-refractivity contribution in [1.29, 1.82) is 0 Å². The summed E-state index contributed by atoms with van der Waals surface area (Å²) in [5.74, 6) is 1.89. The van der Waals surface area contributed by atoms with E-state index in [2.05, 4.69) is 58.9 Å². The van der Waals surface area contributed by atoms with Gasteiger partial charge in [0.1, 0.15) is 0 Å². The van der Waals surface area contributed by atoms with Gasteiger partial charge in [-0.25, -0.2) is 0 Å². The van der Waals surface area contributed by atoms with Gasteiger partial charge in [-0.1, -0.05) is 43.3 Å². The Balaban J connectivity index is 0.00000160. The van der Waals surface area contributed by atoms with Gasteiger partial charge in [0, 0.05) is 42.8 Å². The van der Waals surface area contributed by atoms with Crippen LogP contribution in [0.3, 0.4) is 0 Å². The first kappa shape index (κ1) is 17.3. The van der Waals surface area contributed by atoms with Crippen LogP contribution in [0.5, 0.6) is 0 Å². The van der Waals surface area contributed by atoms with Crippen molar-refractivity contribution in [1.82, 2.24) is 9.47 Å². The molecule has 2 unspecified atom stereocenters. The fourth-order valence-corrected chi connectivity index (χ4v) is 5.35. The molecular formula is C24H27ClN2. The number of halogens is 1. The van der Waals surface area contributed by atoms with Gasteiger partial charge in [0.2, 0.25) is 0 Å². The van der Waals surface area contributed by atoms with Crippen LogP contribution in [0.25, 0.3) is 16.6 Å². The lowest BCUT2D eigenvalue weighted by atomic mass is 9.99. The maximum Gasteiger partial charge on any atom is 0.0567 e. The fraction of sp³-hybridized carbons (Fsp3) is 0.417. The second-order valence-corrected chi connectivity index (χ2v) is 8.66. The summed E-state index contributed by atoms with van der Waals surface area (Å²) in [6, 6.07) is 16.0. The van der Waals surface area contributed by atoms with Gasteiger partial charge in [0.25, 0.3) is 0 Å². The lowest BCUT2D eigenvalue weighted by molar-refractivity contribution is 0.239. The topological polar surface area (TPSA) is 8.17 Å². The van der Waals surface area contributed by atoms with E-state index in [1.807, 2.05) is 0 Å². The number of aromatic nitrogens is 1. The Hall–Kier alpha value is -1.77. The predicted molar refractivity (Wildman–Crippen MR) is 114 cm³/mol. The number of hydrogen-bond acceptors (Lipinski definition) is 1. The van der Waals surface area contributed by atoms with Gasteiger partial charge in [-0.3, -0.25) is 4.90 Å². The van der Waals surface area contributed by atoms with Crippen LogP contribution in [0.2, 0.25) is 0 Å². The third kappa shape index (κ3) is 2.65. The number of aryl methyl sites for hydroxylation is 2. The van der Waals surface area contributed by atoms with Gasteiger partial charge in [-0.05, 0) is 53.9 Å². The van der Waals surface area contributed by atoms with E-state index in [9.17, 15) is 0 Å². The summed E-state index contributed by atoms with van der Waals surface area (Å²) in [7, 11) is 0. The summed E-state index contributed by atoms with van der Waals surface area (Å²) in [6.07, 6.45) is 4.92. The van der Waals surface area contributed by atoms with Gasteiger partial charge in [0.05, 0.1) is 5.52 Å². The maximum absolute atomic E-state index is 2.71. The number of benzene rings is 2. The number of hydrogen-bond donors (Lipinski definition) is 0. The zero-order valence-corrected chi connectivity index (χ0v) is 16.8. The largest absolute Gasteiger partial charge is 0.313 e. The van der Waals surface area contributed by atoms with Gasteiger partial charge in [0.15, 0.2) is 0 Å². The van der Waals surface area contributed by atoms with Gasteiger partial charge in [-0.15, -0.1) is 12.4 Å². The van der Waals surface area contributed by atoms with Gasteiger partial charge in [-0.2, -0.15) is 0 Å². The van der Waals surface area contributed by atoms with E-state index in [-0.39, 0.29) is 12.4 Å². The Morgan fingerprint density at radius 2 is 1.74 bits per heavy atom. The zero-order chi connectivity index (χ0) is 17.3. The van der Waals surface area contributed by atoms with Crippen LogP contribution in [0.1, 0.15) is 35.7 Å². The van der Waals surface area contributed by atoms with Crippen molar-refractivity contribution in [2.45, 2.75) is 39.2 Å². The van der Waals surface area contributed by atoms with Crippen molar-refractivity contribution in [3.8, 4) is 5.69 Å². The van der Waals surface area contributed by atoms with Crippen molar-refractivity contribution >= 4 is 23.3 Å². The summed E-state index contributed by atoms with van der Waals surface area (Å²) in [5, 5.41) is 1.50. The Morgan fingerprint density at radius 1 is 0.963 bits per heavy atom. The number of nitrogens with zero attached hydrogens (tertiary/aromatic N) is 2. The SMILES string of the molecule is CC1CC1CN1CCc2c(c3cccc4c3n2-c2ccccc2CC4)C1.Cl. The molecule has 3 heterocycles. The Morgan fingerprint density at radius 3 is 2.59 bits per heavy atom. The molecule has 3 aromatic rings. The third-order valence-corrected chi connectivity index (χ3v) is 7.00. The highest BCUT2D eigenvalue weighted by Gasteiger charge is 2.35. The molecule has 0 bridgehead atoms. The van der Waals surface area contributed by atoms with Crippen molar-refractivity contribution in [3.63, 3.8) is 0 Å². The van der Waals surface area contributed by atoms with Crippen LogP contribution in [-0.4, -0.2) is 22.6 Å². The Labute approximate surface area is 167 Å². The second kappa shape index (κ2) is 6.39. The summed E-state index contributed by atoms with van der Waals surface area (Å²) in [4.78, 5) is 2.71. The Kier molecular flexibility index (Phi) is 4.10. The molecule has 0 saturated heterocycles. The molecule has 1 fully saturated rings. The molecule has 3 heteroatoms. The van der Waals surface area contributed by atoms with Crippen LogP contribution in [0.15, 0.2) is 42.5 Å². The minimum atomic E-state index is 0. The molecule has 0 N–H and O–H groups in total. The van der Waals surface area contributed by atoms with Crippen LogP contribution in [0, 0.1) is 11.8 Å². The monoisotopic (exact) mass is 378 g/mol. The molecule has 27 heavy (non-hydrogen) atoms. The first-order valence-electron chi connectivity index (χ1n) is 10.2. The summed E-state index contributed by atoms with van der Waals surface area (Å²) in [6.45, 7) is 6.04. The maximum atomic E-state index is 2.71. The average molecular weight is 379 g/mol. The molecule has 1 aromatic heterocycles. The van der Waals surface area contributed by atoms with E-state index in [1.165, 1.54) is 53.6 Å². The summed E-state index contributed by atoms with van der Waals surface area (Å²) >= 11 is 0. The molecular weight excluding hydrogens is 352 g/mol. The van der Waals surface area contributed by atoms with E-state index in [0.717, 1.165) is 31.2 Å². The minimum absolute atomic E-state index is 0. The first-order valence-corrected chi connectivity index (χ1v) is 10.2. The standard InChI is InChI=1S/C24H26N2.ClH/c1-16-13-19(16)14-25-12-11-23-21(15-25)20-7-4-6-18-10-9-17-5-2-3-8-22(17)26(23)24(18)20;/h2-8,16,19H,9-15H2,1H3;1H. The molecule has 0 spiro atoms. The lowest BCUT2D eigenvalue weighted by Crippen LogP contribution is -2.32. The van der Waals surface area contributed by atoms with E-state index in [4.69, 9.17) is 0 Å². The number of para-hydroxylation sites is 2. The zero-order valence-electron chi connectivity index (χ0n) is 15.9. The van der Waals surface area contributed by atoms with E-state index < -0.39 is 0 Å². The molecule has 3 aliphatic rings. The minimum Gasteiger partial charge on any atom is -0.313 e. The number of fused-ring (bicyclic) bond motifs is 5. The lowest BCUT2D eigenvalue weighted by Gasteiger charge is -2.28. The van der Waals surface area contributed by atoms with E-state index in [0.29, 0.717) is 0 Å². The Bertz CT molecular complexity index is 1020. The summed E-state index contributed by atoms with van der Waals surface area (Å²) in [5.41, 5.74) is 9.10.